The predicted octanol–water partition coefficient (Wildman–Crippen LogP) is 3.36. The fourth-order valence-electron chi connectivity index (χ4n) is 1.34. The number of ether oxygens (including phenoxy) is 1. The molecule has 0 amide bonds. The average molecular weight is 241 g/mol. The highest BCUT2D eigenvalue weighted by Gasteiger charge is 2.40. The molecule has 1 aromatic heterocycles. The number of nitrogens with zero attached hydrogens (tertiary/aromatic N) is 1. The first-order valence-electron chi connectivity index (χ1n) is 4.17. The number of aryl methyl sites for hydroxylation is 1. The molecule has 7 heteroatoms. The molecule has 0 saturated heterocycles. The lowest BCUT2D eigenvalue weighted by Gasteiger charge is -2.16. The van der Waals surface area contributed by atoms with E-state index in [0.717, 1.165) is 20.2 Å². The summed E-state index contributed by atoms with van der Waals surface area (Å²) < 4.78 is 67.3. The maximum absolute atomic E-state index is 12.6. The highest BCUT2D eigenvalue weighted by Crippen LogP contribution is 2.41. The molecule has 2 nitrogen and oxygen atoms in total. The summed E-state index contributed by atoms with van der Waals surface area (Å²) in [5.41, 5.74) is -3.09. The van der Waals surface area contributed by atoms with E-state index in [2.05, 4.69) is 9.72 Å². The Morgan fingerprint density at radius 1 is 1.31 bits per heavy atom. The lowest BCUT2D eigenvalue weighted by Crippen LogP contribution is -2.14. The van der Waals surface area contributed by atoms with Crippen LogP contribution >= 0.6 is 0 Å². The summed E-state index contributed by atoms with van der Waals surface area (Å²) in [7, 11) is 1.01. The molecule has 0 spiro atoms. The van der Waals surface area contributed by atoms with Gasteiger partial charge in [0.2, 0.25) is 0 Å². The van der Waals surface area contributed by atoms with Crippen LogP contribution in [0.4, 0.5) is 22.0 Å². The summed E-state index contributed by atoms with van der Waals surface area (Å²) >= 11 is 0. The zero-order chi connectivity index (χ0) is 12.5. The molecular weight excluding hydrogens is 233 g/mol. The van der Waals surface area contributed by atoms with E-state index in [0.29, 0.717) is 0 Å². The maximum atomic E-state index is 12.6. The molecule has 0 radical (unpaired) electrons. The van der Waals surface area contributed by atoms with Crippen molar-refractivity contribution in [1.29, 1.82) is 0 Å². The molecule has 0 bridgehead atoms. The third-order valence-corrected chi connectivity index (χ3v) is 1.99. The van der Waals surface area contributed by atoms with Crippen LogP contribution in [0.2, 0.25) is 0 Å². The molecule has 16 heavy (non-hydrogen) atoms. The van der Waals surface area contributed by atoms with Crippen molar-refractivity contribution in [2.75, 3.05) is 7.11 Å². The molecule has 0 aromatic carbocycles. The second-order valence-electron chi connectivity index (χ2n) is 3.00. The summed E-state index contributed by atoms with van der Waals surface area (Å²) in [6, 6.07) is 0. The molecule has 0 aliphatic rings. The van der Waals surface area contributed by atoms with E-state index in [1.807, 2.05) is 0 Å². The molecule has 0 N–H and O–H groups in total. The standard InChI is InChI=1S/C9H8F5NO/c1-4-7(9(12,13)14)6(8(10)11)5(16-2)3-15-4/h3,8H,1-2H3. The quantitative estimate of drug-likeness (QED) is 0.740. The van der Waals surface area contributed by atoms with Crippen LogP contribution in [0.5, 0.6) is 5.75 Å². The average Bonchev–Trinajstić information content (AvgIpc) is 2.15. The molecule has 0 aliphatic heterocycles. The van der Waals surface area contributed by atoms with Gasteiger partial charge in [-0.25, -0.2) is 8.78 Å². The zero-order valence-electron chi connectivity index (χ0n) is 8.40. The van der Waals surface area contributed by atoms with Crippen LogP contribution in [0, 0.1) is 6.92 Å². The molecule has 0 fully saturated rings. The van der Waals surface area contributed by atoms with Gasteiger partial charge < -0.3 is 4.74 Å². The van der Waals surface area contributed by atoms with Gasteiger partial charge in [-0.05, 0) is 6.92 Å². The van der Waals surface area contributed by atoms with Gasteiger partial charge in [0, 0.05) is 0 Å². The van der Waals surface area contributed by atoms with Gasteiger partial charge in [0.05, 0.1) is 30.1 Å². The number of halogens is 5. The van der Waals surface area contributed by atoms with Crippen LogP contribution in [-0.2, 0) is 6.18 Å². The summed E-state index contributed by atoms with van der Waals surface area (Å²) in [5, 5.41) is 0. The smallest absolute Gasteiger partial charge is 0.418 e. The molecular formula is C9H8F5NO. The normalized spacial score (nSPS) is 12.0. The van der Waals surface area contributed by atoms with Crippen LogP contribution < -0.4 is 4.74 Å². The summed E-state index contributed by atoms with van der Waals surface area (Å²) in [6.45, 7) is 1.02. The number of rotatable bonds is 2. The van der Waals surface area contributed by atoms with E-state index in [9.17, 15) is 22.0 Å². The Bertz CT molecular complexity index is 388. The fraction of sp³-hybridized carbons (Fsp3) is 0.444. The van der Waals surface area contributed by atoms with Crippen LogP contribution in [0.25, 0.3) is 0 Å². The van der Waals surface area contributed by atoms with Crippen LogP contribution in [-0.4, -0.2) is 12.1 Å². The molecule has 0 aliphatic carbocycles. The molecule has 1 heterocycles. The van der Waals surface area contributed by atoms with Gasteiger partial charge in [-0.3, -0.25) is 4.98 Å². The Kier molecular flexibility index (Phi) is 3.35. The van der Waals surface area contributed by atoms with Crippen molar-refractivity contribution < 1.29 is 26.7 Å². The van der Waals surface area contributed by atoms with Crippen molar-refractivity contribution in [3.05, 3.63) is 23.0 Å². The Hall–Kier alpha value is -1.40. The minimum absolute atomic E-state index is 0.497. The minimum Gasteiger partial charge on any atom is -0.495 e. The number of hydrogen-bond donors (Lipinski definition) is 0. The van der Waals surface area contributed by atoms with E-state index in [1.54, 1.807) is 0 Å². The van der Waals surface area contributed by atoms with Crippen LogP contribution in [0.3, 0.4) is 0 Å². The van der Waals surface area contributed by atoms with Crippen molar-refractivity contribution in [3.63, 3.8) is 0 Å². The Labute approximate surface area is 88.1 Å². The third-order valence-electron chi connectivity index (χ3n) is 1.99. The predicted molar refractivity (Wildman–Crippen MR) is 45.5 cm³/mol. The van der Waals surface area contributed by atoms with Crippen molar-refractivity contribution in [3.8, 4) is 5.75 Å². The van der Waals surface area contributed by atoms with E-state index in [4.69, 9.17) is 0 Å². The van der Waals surface area contributed by atoms with Gasteiger partial charge in [-0.1, -0.05) is 0 Å². The number of alkyl halides is 5. The zero-order valence-corrected chi connectivity index (χ0v) is 8.40. The van der Waals surface area contributed by atoms with E-state index in [1.165, 1.54) is 0 Å². The van der Waals surface area contributed by atoms with Gasteiger partial charge in [-0.2, -0.15) is 13.2 Å². The van der Waals surface area contributed by atoms with Crippen molar-refractivity contribution >= 4 is 0 Å². The largest absolute Gasteiger partial charge is 0.495 e. The molecule has 1 aromatic rings. The molecule has 1 rings (SSSR count). The second kappa shape index (κ2) is 4.23. The van der Waals surface area contributed by atoms with Gasteiger partial charge in [0.15, 0.2) is 0 Å². The summed E-state index contributed by atoms with van der Waals surface area (Å²) in [6.07, 6.45) is -7.29. The first-order chi connectivity index (χ1) is 7.29. The number of pyridine rings is 1. The highest BCUT2D eigenvalue weighted by molar-refractivity contribution is 5.43. The summed E-state index contributed by atoms with van der Waals surface area (Å²) in [5.74, 6) is -0.562. The van der Waals surface area contributed by atoms with E-state index < -0.39 is 35.2 Å². The lowest BCUT2D eigenvalue weighted by atomic mass is 10.1. The Morgan fingerprint density at radius 2 is 1.88 bits per heavy atom. The van der Waals surface area contributed by atoms with E-state index >= 15 is 0 Å². The maximum Gasteiger partial charge on any atom is 0.418 e. The van der Waals surface area contributed by atoms with E-state index in [-0.39, 0.29) is 0 Å². The number of aromatic nitrogens is 1. The monoisotopic (exact) mass is 241 g/mol. The second-order valence-corrected chi connectivity index (χ2v) is 3.00. The van der Waals surface area contributed by atoms with Crippen molar-refractivity contribution in [1.82, 2.24) is 4.98 Å². The number of methoxy groups -OCH3 is 1. The minimum atomic E-state index is -4.88. The van der Waals surface area contributed by atoms with Gasteiger partial charge in [-0.15, -0.1) is 0 Å². The Balaban J connectivity index is 3.55. The Morgan fingerprint density at radius 3 is 2.25 bits per heavy atom. The molecule has 90 valence electrons. The first-order valence-corrected chi connectivity index (χ1v) is 4.17. The van der Waals surface area contributed by atoms with Gasteiger partial charge in [0.1, 0.15) is 5.75 Å². The fourth-order valence-corrected chi connectivity index (χ4v) is 1.34. The SMILES string of the molecule is COc1cnc(C)c(C(F)(F)F)c1C(F)F. The highest BCUT2D eigenvalue weighted by atomic mass is 19.4. The van der Waals surface area contributed by atoms with Gasteiger partial charge in [0.25, 0.3) is 6.43 Å². The molecule has 0 saturated carbocycles. The molecule has 0 atom stereocenters. The van der Waals surface area contributed by atoms with Crippen LogP contribution in [0.1, 0.15) is 23.2 Å². The lowest BCUT2D eigenvalue weighted by molar-refractivity contribution is -0.140. The third kappa shape index (κ3) is 2.23. The first kappa shape index (κ1) is 12.7. The number of hydrogen-bond acceptors (Lipinski definition) is 2. The van der Waals surface area contributed by atoms with Crippen LogP contribution in [0.15, 0.2) is 6.20 Å². The van der Waals surface area contributed by atoms with Crippen molar-refractivity contribution in [2.24, 2.45) is 0 Å². The van der Waals surface area contributed by atoms with Crippen molar-refractivity contribution in [2.45, 2.75) is 19.5 Å². The molecule has 0 unspecified atom stereocenters. The summed E-state index contributed by atoms with van der Waals surface area (Å²) in [4.78, 5) is 3.38. The topological polar surface area (TPSA) is 22.1 Å². The van der Waals surface area contributed by atoms with Gasteiger partial charge >= 0.3 is 6.18 Å².